The van der Waals surface area contributed by atoms with Gasteiger partial charge in [0.05, 0.1) is 6.54 Å². The highest BCUT2D eigenvalue weighted by Crippen LogP contribution is 2.22. The molecule has 0 fully saturated rings. The van der Waals surface area contributed by atoms with Crippen LogP contribution in [0.3, 0.4) is 0 Å². The van der Waals surface area contributed by atoms with Crippen molar-refractivity contribution in [1.82, 2.24) is 5.32 Å². The maximum atomic E-state index is 12.1. The highest BCUT2D eigenvalue weighted by atomic mass is 32.1. The first-order valence-corrected chi connectivity index (χ1v) is 7.87. The number of hydrogen-bond acceptors (Lipinski definition) is 5. The van der Waals surface area contributed by atoms with E-state index in [1.807, 2.05) is 16.8 Å². The van der Waals surface area contributed by atoms with Crippen molar-refractivity contribution >= 4 is 23.2 Å². The molecule has 1 heterocycles. The van der Waals surface area contributed by atoms with Crippen LogP contribution >= 0.6 is 11.3 Å². The Hall–Kier alpha value is -2.38. The van der Waals surface area contributed by atoms with Crippen LogP contribution in [0.2, 0.25) is 0 Å². The lowest BCUT2D eigenvalue weighted by Crippen LogP contribution is -2.38. The van der Waals surface area contributed by atoms with E-state index in [2.05, 4.69) is 5.32 Å². The first-order chi connectivity index (χ1) is 10.9. The zero-order chi connectivity index (χ0) is 16.9. The molecule has 0 aliphatic rings. The fourth-order valence-corrected chi connectivity index (χ4v) is 2.67. The first kappa shape index (κ1) is 17.0. The Morgan fingerprint density at radius 2 is 2.00 bits per heavy atom. The van der Waals surface area contributed by atoms with E-state index in [0.29, 0.717) is 11.3 Å². The minimum Gasteiger partial charge on any atom is -0.484 e. The first-order valence-electron chi connectivity index (χ1n) is 6.93. The Labute approximate surface area is 137 Å². The van der Waals surface area contributed by atoms with Crippen molar-refractivity contribution in [2.75, 3.05) is 13.2 Å². The molecule has 7 heteroatoms. The average Bonchev–Trinajstić information content (AvgIpc) is 3.06. The quantitative estimate of drug-likeness (QED) is 0.709. The predicted octanol–water partition coefficient (Wildman–Crippen LogP) is 1.25. The van der Waals surface area contributed by atoms with Crippen molar-refractivity contribution in [3.63, 3.8) is 0 Å². The molecule has 0 aliphatic heterocycles. The van der Waals surface area contributed by atoms with Crippen LogP contribution in [0.25, 0.3) is 0 Å². The van der Waals surface area contributed by atoms with Crippen LogP contribution in [0.5, 0.6) is 5.75 Å². The second-order valence-corrected chi connectivity index (χ2v) is 6.03. The summed E-state index contributed by atoms with van der Waals surface area (Å²) in [5.74, 6) is -0.421. The normalized spacial score (nSPS) is 13.1. The van der Waals surface area contributed by atoms with Crippen molar-refractivity contribution in [3.05, 3.63) is 52.2 Å². The molecule has 0 saturated heterocycles. The van der Waals surface area contributed by atoms with E-state index in [0.717, 1.165) is 5.56 Å². The summed E-state index contributed by atoms with van der Waals surface area (Å²) >= 11 is 1.49. The third kappa shape index (κ3) is 4.80. The summed E-state index contributed by atoms with van der Waals surface area (Å²) in [5.41, 5.74) is 5.05. The van der Waals surface area contributed by atoms with Gasteiger partial charge in [-0.2, -0.15) is 11.3 Å². The molecular weight excluding hydrogens is 316 g/mol. The summed E-state index contributed by atoms with van der Waals surface area (Å²) in [4.78, 5) is 22.7. The van der Waals surface area contributed by atoms with Crippen LogP contribution in [0.1, 0.15) is 22.8 Å². The number of nitrogens with two attached hydrogens (primary N) is 1. The topological polar surface area (TPSA) is 102 Å². The van der Waals surface area contributed by atoms with Crippen molar-refractivity contribution < 1.29 is 19.4 Å². The van der Waals surface area contributed by atoms with Gasteiger partial charge in [-0.05, 0) is 53.6 Å². The lowest BCUT2D eigenvalue weighted by Gasteiger charge is -2.22. The molecule has 2 amide bonds. The monoisotopic (exact) mass is 334 g/mol. The molecule has 1 unspecified atom stereocenters. The molecule has 4 N–H and O–H groups in total. The smallest absolute Gasteiger partial charge is 0.255 e. The van der Waals surface area contributed by atoms with Gasteiger partial charge in [0, 0.05) is 5.56 Å². The molecule has 1 aromatic heterocycles. The third-order valence-corrected chi connectivity index (χ3v) is 3.92. The number of rotatable bonds is 7. The maximum absolute atomic E-state index is 12.1. The summed E-state index contributed by atoms with van der Waals surface area (Å²) in [6, 6.07) is 8.13. The van der Waals surface area contributed by atoms with Crippen molar-refractivity contribution in [1.29, 1.82) is 0 Å². The highest BCUT2D eigenvalue weighted by molar-refractivity contribution is 7.08. The SMILES string of the molecule is CC(O)(CNC(=O)c1ccc(OCC(N)=O)cc1)c1ccsc1. The van der Waals surface area contributed by atoms with Gasteiger partial charge in [0.1, 0.15) is 11.4 Å². The Bertz CT molecular complexity index is 666. The Kier molecular flexibility index (Phi) is 5.36. The number of amides is 2. The van der Waals surface area contributed by atoms with E-state index in [4.69, 9.17) is 10.5 Å². The molecular formula is C16H18N2O4S. The summed E-state index contributed by atoms with van der Waals surface area (Å²) in [7, 11) is 0. The minimum absolute atomic E-state index is 0.0997. The number of hydrogen-bond donors (Lipinski definition) is 3. The van der Waals surface area contributed by atoms with E-state index < -0.39 is 11.5 Å². The van der Waals surface area contributed by atoms with Crippen molar-refractivity contribution in [3.8, 4) is 5.75 Å². The molecule has 23 heavy (non-hydrogen) atoms. The Morgan fingerprint density at radius 3 is 2.57 bits per heavy atom. The molecule has 2 aromatic rings. The average molecular weight is 334 g/mol. The molecule has 2 rings (SSSR count). The van der Waals surface area contributed by atoms with Crippen molar-refractivity contribution in [2.24, 2.45) is 5.73 Å². The molecule has 0 saturated carbocycles. The standard InChI is InChI=1S/C16H18N2O4S/c1-16(21,12-6-7-23-9-12)10-18-15(20)11-2-4-13(5-3-11)22-8-14(17)19/h2-7,9,21H,8,10H2,1H3,(H2,17,19)(H,18,20). The number of primary amides is 1. The number of nitrogens with one attached hydrogen (secondary N) is 1. The Balaban J connectivity index is 1.92. The van der Waals surface area contributed by atoms with E-state index >= 15 is 0 Å². The van der Waals surface area contributed by atoms with E-state index in [-0.39, 0.29) is 19.1 Å². The van der Waals surface area contributed by atoms with Crippen LogP contribution < -0.4 is 15.8 Å². The number of aliphatic hydroxyl groups is 1. The number of carbonyl (C=O) groups is 2. The number of ether oxygens (including phenoxy) is 1. The Morgan fingerprint density at radius 1 is 1.30 bits per heavy atom. The van der Waals surface area contributed by atoms with Gasteiger partial charge in [0.2, 0.25) is 0 Å². The number of carbonyl (C=O) groups excluding carboxylic acids is 2. The van der Waals surface area contributed by atoms with Crippen LogP contribution in [-0.4, -0.2) is 30.1 Å². The molecule has 0 radical (unpaired) electrons. The van der Waals surface area contributed by atoms with Gasteiger partial charge in [-0.3, -0.25) is 9.59 Å². The van der Waals surface area contributed by atoms with E-state index in [1.165, 1.54) is 11.3 Å². The summed E-state index contributed by atoms with van der Waals surface area (Å²) in [5, 5.41) is 16.8. The summed E-state index contributed by atoms with van der Waals surface area (Å²) in [6.07, 6.45) is 0. The molecule has 1 atom stereocenters. The largest absolute Gasteiger partial charge is 0.484 e. The number of thiophene rings is 1. The van der Waals surface area contributed by atoms with Crippen molar-refractivity contribution in [2.45, 2.75) is 12.5 Å². The van der Waals surface area contributed by atoms with E-state index in [9.17, 15) is 14.7 Å². The van der Waals surface area contributed by atoms with Gasteiger partial charge in [-0.25, -0.2) is 0 Å². The molecule has 6 nitrogen and oxygen atoms in total. The van der Waals surface area contributed by atoms with Gasteiger partial charge in [0.25, 0.3) is 11.8 Å². The van der Waals surface area contributed by atoms with Crippen LogP contribution in [0, 0.1) is 0 Å². The predicted molar refractivity (Wildman–Crippen MR) is 87.4 cm³/mol. The van der Waals surface area contributed by atoms with Crippen LogP contribution in [0.15, 0.2) is 41.1 Å². The van der Waals surface area contributed by atoms with Gasteiger partial charge in [-0.15, -0.1) is 0 Å². The highest BCUT2D eigenvalue weighted by Gasteiger charge is 2.24. The van der Waals surface area contributed by atoms with Gasteiger partial charge in [-0.1, -0.05) is 0 Å². The van der Waals surface area contributed by atoms with Gasteiger partial charge >= 0.3 is 0 Å². The van der Waals surface area contributed by atoms with Crippen LogP contribution in [0.4, 0.5) is 0 Å². The number of benzene rings is 1. The molecule has 122 valence electrons. The molecule has 1 aromatic carbocycles. The zero-order valence-corrected chi connectivity index (χ0v) is 13.4. The molecule has 0 bridgehead atoms. The van der Waals surface area contributed by atoms with Gasteiger partial charge < -0.3 is 20.9 Å². The third-order valence-electron chi connectivity index (χ3n) is 3.23. The second-order valence-electron chi connectivity index (χ2n) is 5.25. The van der Waals surface area contributed by atoms with Crippen LogP contribution in [-0.2, 0) is 10.4 Å². The fourth-order valence-electron chi connectivity index (χ4n) is 1.88. The van der Waals surface area contributed by atoms with E-state index in [1.54, 1.807) is 31.2 Å². The summed E-state index contributed by atoms with van der Waals surface area (Å²) in [6.45, 7) is 1.54. The maximum Gasteiger partial charge on any atom is 0.255 e. The fraction of sp³-hybridized carbons (Fsp3) is 0.250. The zero-order valence-electron chi connectivity index (χ0n) is 12.6. The lowest BCUT2D eigenvalue weighted by atomic mass is 9.99. The summed E-state index contributed by atoms with van der Waals surface area (Å²) < 4.78 is 5.12. The minimum atomic E-state index is -1.12. The molecule has 0 spiro atoms. The molecule has 0 aliphatic carbocycles. The lowest BCUT2D eigenvalue weighted by molar-refractivity contribution is -0.119. The van der Waals surface area contributed by atoms with Gasteiger partial charge in [0.15, 0.2) is 6.61 Å². The second kappa shape index (κ2) is 7.26.